The number of benzene rings is 1. The largest absolute Gasteiger partial charge is 0.466 e. The topological polar surface area (TPSA) is 162 Å². The molecule has 2 aromatic heterocycles. The number of carbonyl (C=O) groups is 3. The molecule has 0 spiro atoms. The fourth-order valence-electron chi connectivity index (χ4n) is 7.54. The Bertz CT molecular complexity index is 1520. The van der Waals surface area contributed by atoms with Gasteiger partial charge in [0.25, 0.3) is 0 Å². The van der Waals surface area contributed by atoms with Crippen molar-refractivity contribution in [1.29, 1.82) is 0 Å². The molecule has 12 nitrogen and oxygen atoms in total. The third-order valence-corrected chi connectivity index (χ3v) is 10.5. The average Bonchev–Trinajstić information content (AvgIpc) is 3.75. The zero-order valence-corrected chi connectivity index (χ0v) is 32.1. The lowest BCUT2D eigenvalue weighted by molar-refractivity contribution is -0.159. The van der Waals surface area contributed by atoms with Crippen LogP contribution in [0.15, 0.2) is 30.3 Å². The molecule has 2 aliphatic carbocycles. The standard InChI is InChI=1S/C19H24BrN3O2.C18H29N3O4/c1-11-9-12(2)16(13(3)10-11)25-19(24)15(20)18-21-17(22-23-18)14-7-5-4-6-8-14;1-6-24-15(22)9-14-19-17(21-20-14)13(5)18(23)25-16-11(3)7-10(2)8-12(16)4/h4-8,11-13,15-16H,9-10H2,1-3H3,(H,21,22,23);10-13,16H,6-9H2,1-5H3,(H,19,20,21). The summed E-state index contributed by atoms with van der Waals surface area (Å²) in [6.45, 7) is 16.9. The Balaban J connectivity index is 0.000000225. The maximum absolute atomic E-state index is 12.6. The van der Waals surface area contributed by atoms with Gasteiger partial charge in [-0.25, -0.2) is 9.97 Å². The van der Waals surface area contributed by atoms with Crippen LogP contribution in [0.1, 0.15) is 109 Å². The monoisotopic (exact) mass is 756 g/mol. The van der Waals surface area contributed by atoms with E-state index in [2.05, 4.69) is 87.8 Å². The summed E-state index contributed by atoms with van der Waals surface area (Å²) in [6, 6.07) is 9.66. The smallest absolute Gasteiger partial charge is 0.327 e. The minimum absolute atomic E-state index is 0.0111. The average molecular weight is 758 g/mol. The van der Waals surface area contributed by atoms with Crippen molar-refractivity contribution in [3.05, 3.63) is 47.8 Å². The summed E-state index contributed by atoms with van der Waals surface area (Å²) in [5, 5.41) is 13.8. The Morgan fingerprint density at radius 3 is 1.88 bits per heavy atom. The summed E-state index contributed by atoms with van der Waals surface area (Å²) in [5.41, 5.74) is 0.904. The fraction of sp³-hybridized carbons (Fsp3) is 0.649. The molecular formula is C37H53BrN6O6. The van der Waals surface area contributed by atoms with Gasteiger partial charge >= 0.3 is 17.9 Å². The molecule has 2 heterocycles. The first kappa shape index (κ1) is 39.2. The molecular weight excluding hydrogens is 704 g/mol. The highest BCUT2D eigenvalue weighted by Gasteiger charge is 2.37. The molecule has 2 saturated carbocycles. The zero-order chi connectivity index (χ0) is 36.5. The number of nitrogens with zero attached hydrogens (tertiary/aromatic N) is 4. The van der Waals surface area contributed by atoms with E-state index in [4.69, 9.17) is 14.2 Å². The van der Waals surface area contributed by atoms with Crippen LogP contribution in [0.3, 0.4) is 0 Å². The van der Waals surface area contributed by atoms with Crippen LogP contribution in [0.2, 0.25) is 0 Å². The number of H-pyrrole nitrogens is 2. The molecule has 6 unspecified atom stereocenters. The van der Waals surface area contributed by atoms with Crippen LogP contribution in [0, 0.1) is 35.5 Å². The van der Waals surface area contributed by atoms with Crippen LogP contribution < -0.4 is 0 Å². The van der Waals surface area contributed by atoms with E-state index in [9.17, 15) is 14.4 Å². The molecule has 6 atom stereocenters. The van der Waals surface area contributed by atoms with Crippen molar-refractivity contribution in [3.8, 4) is 11.4 Å². The molecule has 0 radical (unpaired) electrons. The van der Waals surface area contributed by atoms with E-state index in [1.54, 1.807) is 13.8 Å². The lowest BCUT2D eigenvalue weighted by Crippen LogP contribution is -2.38. The number of aromatic nitrogens is 6. The van der Waals surface area contributed by atoms with Gasteiger partial charge in [-0.3, -0.25) is 24.6 Å². The predicted octanol–water partition coefficient (Wildman–Crippen LogP) is 7.15. The number of hydrogen-bond donors (Lipinski definition) is 2. The van der Waals surface area contributed by atoms with Crippen molar-refractivity contribution >= 4 is 33.8 Å². The van der Waals surface area contributed by atoms with Crippen molar-refractivity contribution in [2.45, 2.75) is 110 Å². The summed E-state index contributed by atoms with van der Waals surface area (Å²) < 4.78 is 16.5. The molecule has 2 fully saturated rings. The van der Waals surface area contributed by atoms with E-state index in [0.717, 1.165) is 31.2 Å². The quantitative estimate of drug-likeness (QED) is 0.123. The van der Waals surface area contributed by atoms with E-state index in [-0.39, 0.29) is 36.5 Å². The normalized spacial score (nSPS) is 27.6. The Kier molecular flexibility index (Phi) is 14.1. The molecule has 0 amide bonds. The van der Waals surface area contributed by atoms with Crippen LogP contribution in [0.25, 0.3) is 11.4 Å². The van der Waals surface area contributed by atoms with Crippen molar-refractivity contribution in [1.82, 2.24) is 30.4 Å². The molecule has 274 valence electrons. The highest BCUT2D eigenvalue weighted by Crippen LogP contribution is 2.37. The van der Waals surface area contributed by atoms with E-state index < -0.39 is 10.7 Å². The minimum Gasteiger partial charge on any atom is -0.466 e. The second kappa shape index (κ2) is 18.1. The molecule has 5 rings (SSSR count). The van der Waals surface area contributed by atoms with Gasteiger partial charge in [0, 0.05) is 5.56 Å². The van der Waals surface area contributed by atoms with Crippen molar-refractivity contribution < 1.29 is 28.6 Å². The fourth-order valence-corrected chi connectivity index (χ4v) is 7.85. The maximum Gasteiger partial charge on any atom is 0.327 e. The van der Waals surface area contributed by atoms with Gasteiger partial charge in [-0.1, -0.05) is 87.8 Å². The van der Waals surface area contributed by atoms with Crippen molar-refractivity contribution in [2.24, 2.45) is 35.5 Å². The molecule has 0 saturated heterocycles. The molecule has 0 bridgehead atoms. The number of nitrogens with one attached hydrogen (secondary N) is 2. The second-order valence-corrected chi connectivity index (χ2v) is 15.4. The Morgan fingerprint density at radius 1 is 0.800 bits per heavy atom. The zero-order valence-electron chi connectivity index (χ0n) is 30.5. The lowest BCUT2D eigenvalue weighted by Gasteiger charge is -2.37. The van der Waals surface area contributed by atoms with E-state index >= 15 is 0 Å². The van der Waals surface area contributed by atoms with E-state index in [0.29, 0.717) is 65.4 Å². The van der Waals surface area contributed by atoms with Gasteiger partial charge in [-0.15, -0.1) is 0 Å². The number of rotatable bonds is 10. The predicted molar refractivity (Wildman–Crippen MR) is 192 cm³/mol. The third-order valence-electron chi connectivity index (χ3n) is 9.73. The van der Waals surface area contributed by atoms with Gasteiger partial charge < -0.3 is 14.2 Å². The highest BCUT2D eigenvalue weighted by atomic mass is 79.9. The minimum atomic E-state index is -0.642. The number of hydrogen-bond acceptors (Lipinski definition) is 10. The number of carbonyl (C=O) groups excluding carboxylic acids is 3. The van der Waals surface area contributed by atoms with Crippen LogP contribution >= 0.6 is 15.9 Å². The molecule has 3 aromatic rings. The first-order valence-electron chi connectivity index (χ1n) is 17.9. The molecule has 50 heavy (non-hydrogen) atoms. The Morgan fingerprint density at radius 2 is 1.34 bits per heavy atom. The summed E-state index contributed by atoms with van der Waals surface area (Å²) in [6.07, 6.45) is 4.23. The molecule has 1 aromatic carbocycles. The van der Waals surface area contributed by atoms with E-state index in [1.165, 1.54) is 0 Å². The molecule has 2 N–H and O–H groups in total. The first-order valence-corrected chi connectivity index (χ1v) is 18.8. The van der Waals surface area contributed by atoms with Gasteiger partial charge in [-0.05, 0) is 75.0 Å². The van der Waals surface area contributed by atoms with Crippen LogP contribution in [-0.2, 0) is 35.0 Å². The number of ether oxygens (including phenoxy) is 3. The highest BCUT2D eigenvalue weighted by molar-refractivity contribution is 9.09. The third kappa shape index (κ3) is 10.5. The first-order chi connectivity index (χ1) is 23.8. The number of alkyl halides is 1. The van der Waals surface area contributed by atoms with Crippen LogP contribution in [0.5, 0.6) is 0 Å². The Labute approximate surface area is 303 Å². The Hall–Kier alpha value is -3.61. The van der Waals surface area contributed by atoms with Gasteiger partial charge in [0.1, 0.15) is 36.2 Å². The number of aromatic amines is 2. The second-order valence-electron chi connectivity index (χ2n) is 14.5. The summed E-state index contributed by atoms with van der Waals surface area (Å²) >= 11 is 3.41. The molecule has 13 heteroatoms. The number of esters is 3. The number of halogens is 1. The van der Waals surface area contributed by atoms with E-state index in [1.807, 2.05) is 30.3 Å². The van der Waals surface area contributed by atoms with Gasteiger partial charge in [0.2, 0.25) is 0 Å². The SMILES string of the molecule is CC1CC(C)C(OC(=O)C(Br)c2nc(-c3ccccc3)n[nH]2)C(C)C1.CCOC(=O)Cc1nc(C(C)C(=O)OC2C(C)CC(C)CC2C)n[nH]1. The van der Waals surface area contributed by atoms with Gasteiger partial charge in [0.15, 0.2) is 16.5 Å². The van der Waals surface area contributed by atoms with Crippen LogP contribution in [0.4, 0.5) is 0 Å². The lowest BCUT2D eigenvalue weighted by atomic mass is 9.75. The maximum atomic E-state index is 12.6. The van der Waals surface area contributed by atoms with Gasteiger partial charge in [-0.2, -0.15) is 10.2 Å². The summed E-state index contributed by atoms with van der Waals surface area (Å²) in [4.78, 5) is 44.6. The molecule has 0 aliphatic heterocycles. The van der Waals surface area contributed by atoms with Crippen molar-refractivity contribution in [3.63, 3.8) is 0 Å². The summed E-state index contributed by atoms with van der Waals surface area (Å²) in [7, 11) is 0. The van der Waals surface area contributed by atoms with Gasteiger partial charge in [0.05, 0.1) is 6.61 Å². The van der Waals surface area contributed by atoms with Crippen molar-refractivity contribution in [2.75, 3.05) is 6.61 Å². The molecule has 2 aliphatic rings. The summed E-state index contributed by atoms with van der Waals surface area (Å²) in [5.74, 6) is 2.97. The van der Waals surface area contributed by atoms with Crippen LogP contribution in [-0.4, -0.2) is 67.1 Å².